The van der Waals surface area contributed by atoms with Crippen molar-refractivity contribution in [3.63, 3.8) is 0 Å². The molecule has 0 aromatic carbocycles. The van der Waals surface area contributed by atoms with E-state index in [-0.39, 0.29) is 12.8 Å². The van der Waals surface area contributed by atoms with Crippen molar-refractivity contribution in [1.29, 1.82) is 0 Å². The van der Waals surface area contributed by atoms with Crippen LogP contribution in [0.1, 0.15) is 6.92 Å². The Bertz CT molecular complexity index is 154. The third-order valence-electron chi connectivity index (χ3n) is 0.805. The number of aliphatic hydroxyl groups is 3. The molecule has 0 aliphatic carbocycles. The Morgan fingerprint density at radius 2 is 1.21 bits per heavy atom. The molecule has 8 heteroatoms. The van der Waals surface area contributed by atoms with E-state index >= 15 is 0 Å². The highest BCUT2D eigenvalue weighted by atomic mass is 16.4. The lowest BCUT2D eigenvalue weighted by atomic mass is 10.2. The zero-order valence-corrected chi connectivity index (χ0v) is 7.62. The van der Waals surface area contributed by atoms with Crippen molar-refractivity contribution < 1.29 is 35.1 Å². The number of hydrogen-bond acceptors (Lipinski definition) is 6. The highest BCUT2D eigenvalue weighted by Crippen LogP contribution is 1.92. The summed E-state index contributed by atoms with van der Waals surface area (Å²) in [5.74, 6) is -3.54. The molecular formula is C6H15NO7. The van der Waals surface area contributed by atoms with Gasteiger partial charge in [-0.15, -0.1) is 0 Å². The maximum Gasteiger partial charge on any atom is 0.335 e. The van der Waals surface area contributed by atoms with E-state index in [0.29, 0.717) is 0 Å². The van der Waals surface area contributed by atoms with Gasteiger partial charge < -0.3 is 31.7 Å². The van der Waals surface area contributed by atoms with Crippen molar-refractivity contribution in [2.75, 3.05) is 6.61 Å². The Balaban J connectivity index is -0.000000267. The second kappa shape index (κ2) is 9.86. The number of hydrogen-bond donors (Lipinski definition) is 6. The maximum absolute atomic E-state index is 9.77. The Kier molecular flexibility index (Phi) is 13.1. The summed E-state index contributed by atoms with van der Waals surface area (Å²) in [4.78, 5) is 19.5. The van der Waals surface area contributed by atoms with Crippen molar-refractivity contribution >= 4 is 11.9 Å². The minimum Gasteiger partial charge on any atom is -0.479 e. The SMILES string of the molecule is CCO.N.O=C(O)C(O)C(O)C(=O)O. The fourth-order valence-corrected chi connectivity index (χ4v) is 0.270. The number of rotatable bonds is 3. The average molecular weight is 213 g/mol. The van der Waals surface area contributed by atoms with Crippen LogP contribution < -0.4 is 6.15 Å². The standard InChI is InChI=1S/C4H6O6.C2H6O.H3N/c5-1(3(7)8)2(6)4(9)10;1-2-3;/h1-2,5-6H,(H,7,8)(H,9,10);3H,2H2,1H3;1H3. The Morgan fingerprint density at radius 3 is 1.29 bits per heavy atom. The number of carbonyl (C=O) groups is 2. The van der Waals surface area contributed by atoms with Crippen LogP contribution in [0, 0.1) is 0 Å². The fraction of sp³-hybridized carbons (Fsp3) is 0.667. The van der Waals surface area contributed by atoms with E-state index in [1.54, 1.807) is 6.92 Å². The van der Waals surface area contributed by atoms with Gasteiger partial charge in [-0.1, -0.05) is 0 Å². The Morgan fingerprint density at radius 1 is 1.07 bits per heavy atom. The van der Waals surface area contributed by atoms with Crippen LogP contribution in [-0.2, 0) is 9.59 Å². The second-order valence-corrected chi connectivity index (χ2v) is 1.88. The molecule has 14 heavy (non-hydrogen) atoms. The van der Waals surface area contributed by atoms with Gasteiger partial charge in [-0.25, -0.2) is 9.59 Å². The van der Waals surface area contributed by atoms with Crippen LogP contribution in [0.5, 0.6) is 0 Å². The third kappa shape index (κ3) is 8.87. The molecule has 0 aromatic rings. The first-order valence-electron chi connectivity index (χ1n) is 3.31. The van der Waals surface area contributed by atoms with Crippen molar-refractivity contribution in [2.24, 2.45) is 0 Å². The molecule has 0 spiro atoms. The van der Waals surface area contributed by atoms with Crippen LogP contribution in [0.4, 0.5) is 0 Å². The third-order valence-corrected chi connectivity index (χ3v) is 0.805. The smallest absolute Gasteiger partial charge is 0.335 e. The van der Waals surface area contributed by atoms with Crippen LogP contribution in [0.3, 0.4) is 0 Å². The van der Waals surface area contributed by atoms with Crippen LogP contribution in [0.25, 0.3) is 0 Å². The number of carboxylic acids is 2. The summed E-state index contributed by atoms with van der Waals surface area (Å²) in [5.41, 5.74) is 0. The molecule has 2 atom stereocenters. The fourth-order valence-electron chi connectivity index (χ4n) is 0.270. The van der Waals surface area contributed by atoms with Gasteiger partial charge in [0.2, 0.25) is 0 Å². The van der Waals surface area contributed by atoms with Gasteiger partial charge >= 0.3 is 11.9 Å². The summed E-state index contributed by atoms with van der Waals surface area (Å²) in [5, 5.41) is 40.1. The van der Waals surface area contributed by atoms with E-state index in [1.165, 1.54) is 0 Å². The van der Waals surface area contributed by atoms with Crippen molar-refractivity contribution in [3.8, 4) is 0 Å². The van der Waals surface area contributed by atoms with Gasteiger partial charge in [-0.05, 0) is 6.92 Å². The highest BCUT2D eigenvalue weighted by Gasteiger charge is 2.29. The molecular weight excluding hydrogens is 198 g/mol. The van der Waals surface area contributed by atoms with Gasteiger partial charge in [0.25, 0.3) is 0 Å². The van der Waals surface area contributed by atoms with Gasteiger partial charge in [0.05, 0.1) is 0 Å². The molecule has 0 saturated heterocycles. The molecule has 0 saturated carbocycles. The largest absolute Gasteiger partial charge is 0.479 e. The molecule has 0 aliphatic rings. The monoisotopic (exact) mass is 213 g/mol. The van der Waals surface area contributed by atoms with E-state index in [2.05, 4.69) is 0 Å². The molecule has 0 fully saturated rings. The molecule has 0 aromatic heterocycles. The first-order chi connectivity index (χ1) is 5.88. The minimum absolute atomic E-state index is 0. The molecule has 0 rings (SSSR count). The molecule has 0 amide bonds. The summed E-state index contributed by atoms with van der Waals surface area (Å²) in [6, 6.07) is 0. The van der Waals surface area contributed by atoms with Crippen LogP contribution in [0.2, 0.25) is 0 Å². The first-order valence-corrected chi connectivity index (χ1v) is 3.31. The average Bonchev–Trinajstić information content (AvgIpc) is 2.03. The molecule has 0 aliphatic heterocycles. The highest BCUT2D eigenvalue weighted by molar-refractivity contribution is 5.82. The quantitative estimate of drug-likeness (QED) is 0.313. The summed E-state index contributed by atoms with van der Waals surface area (Å²) >= 11 is 0. The van der Waals surface area contributed by atoms with Crippen molar-refractivity contribution in [3.05, 3.63) is 0 Å². The van der Waals surface area contributed by atoms with E-state index in [4.69, 9.17) is 25.5 Å². The lowest BCUT2D eigenvalue weighted by molar-refractivity contribution is -0.165. The molecule has 0 bridgehead atoms. The van der Waals surface area contributed by atoms with Crippen molar-refractivity contribution in [2.45, 2.75) is 19.1 Å². The molecule has 86 valence electrons. The molecule has 8 nitrogen and oxygen atoms in total. The maximum atomic E-state index is 9.77. The van der Waals surface area contributed by atoms with Gasteiger partial charge in [0, 0.05) is 6.61 Å². The van der Waals surface area contributed by atoms with Gasteiger partial charge in [0.15, 0.2) is 12.2 Å². The predicted octanol–water partition coefficient (Wildman–Crippen LogP) is -1.96. The van der Waals surface area contributed by atoms with E-state index in [9.17, 15) is 9.59 Å². The predicted molar refractivity (Wildman–Crippen MR) is 45.1 cm³/mol. The Labute approximate surface area is 80.0 Å². The van der Waals surface area contributed by atoms with E-state index in [1.807, 2.05) is 0 Å². The minimum atomic E-state index is -2.27. The zero-order valence-electron chi connectivity index (χ0n) is 7.62. The molecule has 2 unspecified atom stereocenters. The van der Waals surface area contributed by atoms with Crippen LogP contribution in [0.15, 0.2) is 0 Å². The Hall–Kier alpha value is -1.22. The van der Waals surface area contributed by atoms with Gasteiger partial charge in [0.1, 0.15) is 0 Å². The van der Waals surface area contributed by atoms with Crippen molar-refractivity contribution in [1.82, 2.24) is 6.15 Å². The van der Waals surface area contributed by atoms with Crippen LogP contribution >= 0.6 is 0 Å². The molecule has 0 radical (unpaired) electrons. The summed E-state index contributed by atoms with van der Waals surface area (Å²) < 4.78 is 0. The van der Waals surface area contributed by atoms with E-state index in [0.717, 1.165) is 0 Å². The summed E-state index contributed by atoms with van der Waals surface area (Å²) in [6.07, 6.45) is -4.53. The number of aliphatic hydroxyl groups excluding tert-OH is 3. The molecule has 0 heterocycles. The lowest BCUT2D eigenvalue weighted by Gasteiger charge is -2.07. The summed E-state index contributed by atoms with van der Waals surface area (Å²) in [7, 11) is 0. The number of aliphatic carboxylic acids is 2. The zero-order chi connectivity index (χ0) is 11.0. The topological polar surface area (TPSA) is 170 Å². The van der Waals surface area contributed by atoms with E-state index < -0.39 is 24.1 Å². The van der Waals surface area contributed by atoms with Gasteiger partial charge in [-0.3, -0.25) is 0 Å². The van der Waals surface area contributed by atoms with Gasteiger partial charge in [-0.2, -0.15) is 0 Å². The van der Waals surface area contributed by atoms with Crippen LogP contribution in [-0.4, -0.2) is 56.3 Å². The first kappa shape index (κ1) is 18.5. The second-order valence-electron chi connectivity index (χ2n) is 1.88. The number of carboxylic acid groups (broad SMARTS) is 2. The lowest BCUT2D eigenvalue weighted by Crippen LogP contribution is -2.39. The molecule has 8 N–H and O–H groups in total. The normalized spacial score (nSPS) is 12.6. The summed E-state index contributed by atoms with van der Waals surface area (Å²) in [6.45, 7) is 1.93.